The van der Waals surface area contributed by atoms with Crippen LogP contribution in [0.15, 0.2) is 66.2 Å². The number of aromatic nitrogens is 2. The van der Waals surface area contributed by atoms with Crippen molar-refractivity contribution in [1.29, 1.82) is 0 Å². The number of hydrogen-bond acceptors (Lipinski definition) is 3. The Morgan fingerprint density at radius 2 is 2.00 bits per heavy atom. The number of rotatable bonds is 8. The van der Waals surface area contributed by atoms with Gasteiger partial charge in [-0.2, -0.15) is 0 Å². The van der Waals surface area contributed by atoms with Gasteiger partial charge in [-0.15, -0.1) is 24.0 Å². The molecule has 3 N–H and O–H groups in total. The summed E-state index contributed by atoms with van der Waals surface area (Å²) in [5.74, 6) is 0.236. The first kappa shape index (κ1) is 25.3. The summed E-state index contributed by atoms with van der Waals surface area (Å²) >= 11 is 0. The van der Waals surface area contributed by atoms with Crippen LogP contribution in [0, 0.1) is 5.82 Å². The highest BCUT2D eigenvalue weighted by molar-refractivity contribution is 14.0. The number of nitrogens with one attached hydrogen (secondary N) is 3. The van der Waals surface area contributed by atoms with Crippen LogP contribution < -0.4 is 16.0 Å². The molecule has 2 aromatic carbocycles. The average Bonchev–Trinajstić information content (AvgIpc) is 3.32. The number of amides is 1. The Morgan fingerprint density at radius 3 is 2.69 bits per heavy atom. The number of carbonyl (C=O) groups excluding carboxylic acids is 1. The summed E-state index contributed by atoms with van der Waals surface area (Å²) in [6.45, 7) is 3.70. The first-order valence-electron chi connectivity index (χ1n) is 10.2. The summed E-state index contributed by atoms with van der Waals surface area (Å²) in [7, 11) is 1.62. The lowest BCUT2D eigenvalue weighted by Crippen LogP contribution is -2.38. The Morgan fingerprint density at radius 1 is 1.16 bits per heavy atom. The van der Waals surface area contributed by atoms with E-state index >= 15 is 0 Å². The molecule has 9 heteroatoms. The van der Waals surface area contributed by atoms with E-state index in [1.807, 2.05) is 31.2 Å². The van der Waals surface area contributed by atoms with Gasteiger partial charge in [-0.25, -0.2) is 14.4 Å². The maximum absolute atomic E-state index is 14.4. The Kier molecular flexibility index (Phi) is 10.1. The predicted octanol–water partition coefficient (Wildman–Crippen LogP) is 3.29. The first-order valence-corrected chi connectivity index (χ1v) is 10.2. The highest BCUT2D eigenvalue weighted by atomic mass is 127. The fourth-order valence-corrected chi connectivity index (χ4v) is 3.11. The molecule has 32 heavy (non-hydrogen) atoms. The minimum absolute atomic E-state index is 0. The molecule has 0 atom stereocenters. The van der Waals surface area contributed by atoms with Gasteiger partial charge in [0.15, 0.2) is 5.96 Å². The van der Waals surface area contributed by atoms with Gasteiger partial charge < -0.3 is 20.5 Å². The lowest BCUT2D eigenvalue weighted by atomic mass is 10.1. The van der Waals surface area contributed by atoms with Crippen molar-refractivity contribution in [3.8, 4) is 5.69 Å². The molecule has 7 nitrogen and oxygen atoms in total. The van der Waals surface area contributed by atoms with E-state index in [2.05, 4.69) is 25.9 Å². The molecule has 1 aromatic heterocycles. The smallest absolute Gasteiger partial charge is 0.251 e. The Bertz CT molecular complexity index is 1040. The summed E-state index contributed by atoms with van der Waals surface area (Å²) in [6, 6.07) is 12.6. The minimum atomic E-state index is -0.320. The van der Waals surface area contributed by atoms with E-state index in [1.54, 1.807) is 42.5 Å². The van der Waals surface area contributed by atoms with Gasteiger partial charge in [-0.3, -0.25) is 4.79 Å². The van der Waals surface area contributed by atoms with Gasteiger partial charge >= 0.3 is 0 Å². The zero-order valence-corrected chi connectivity index (χ0v) is 20.5. The van der Waals surface area contributed by atoms with Crippen LogP contribution >= 0.6 is 24.0 Å². The van der Waals surface area contributed by atoms with E-state index in [0.29, 0.717) is 36.8 Å². The molecule has 0 saturated carbocycles. The van der Waals surface area contributed by atoms with Crippen molar-refractivity contribution in [3.05, 3.63) is 83.7 Å². The molecule has 0 spiro atoms. The summed E-state index contributed by atoms with van der Waals surface area (Å²) in [5.41, 5.74) is 2.93. The lowest BCUT2D eigenvalue weighted by molar-refractivity contribution is 0.0963. The number of aliphatic imine (C=N–C) groups is 1. The number of imidazole rings is 1. The topological polar surface area (TPSA) is 83.3 Å². The van der Waals surface area contributed by atoms with Crippen LogP contribution in [0.1, 0.15) is 28.4 Å². The molecule has 3 rings (SSSR count). The number of benzene rings is 2. The van der Waals surface area contributed by atoms with Crippen molar-refractivity contribution in [3.63, 3.8) is 0 Å². The minimum Gasteiger partial charge on any atom is -0.357 e. The molecule has 0 saturated heterocycles. The monoisotopic (exact) mass is 550 g/mol. The van der Waals surface area contributed by atoms with Gasteiger partial charge in [0, 0.05) is 38.1 Å². The Balaban J connectivity index is 0.00000363. The fraction of sp³-hybridized carbons (Fsp3) is 0.261. The third kappa shape index (κ3) is 7.04. The van der Waals surface area contributed by atoms with Gasteiger partial charge in [0.2, 0.25) is 0 Å². The van der Waals surface area contributed by atoms with Crippen LogP contribution in [0.3, 0.4) is 0 Å². The number of halogens is 2. The summed E-state index contributed by atoms with van der Waals surface area (Å²) in [5, 5.41) is 9.11. The molecule has 170 valence electrons. The van der Waals surface area contributed by atoms with Crippen molar-refractivity contribution >= 4 is 35.8 Å². The van der Waals surface area contributed by atoms with E-state index in [-0.39, 0.29) is 35.7 Å². The van der Waals surface area contributed by atoms with Crippen LogP contribution in [0.25, 0.3) is 5.69 Å². The van der Waals surface area contributed by atoms with Crippen LogP contribution in [0.4, 0.5) is 4.39 Å². The van der Waals surface area contributed by atoms with Crippen molar-refractivity contribution in [2.45, 2.75) is 19.9 Å². The third-order valence-electron chi connectivity index (χ3n) is 4.68. The van der Waals surface area contributed by atoms with E-state index in [4.69, 9.17) is 0 Å². The number of hydrogen-bond donors (Lipinski definition) is 3. The molecule has 1 amide bonds. The van der Waals surface area contributed by atoms with Gasteiger partial charge in [0.25, 0.3) is 5.91 Å². The number of carbonyl (C=O) groups is 1. The molecule has 3 aromatic rings. The first-order chi connectivity index (χ1) is 15.1. The molecular formula is C23H28FIN6O. The van der Waals surface area contributed by atoms with Crippen LogP contribution in [-0.4, -0.2) is 41.6 Å². The highest BCUT2D eigenvalue weighted by Crippen LogP contribution is 2.15. The summed E-state index contributed by atoms with van der Waals surface area (Å²) in [6.07, 6.45) is 5.62. The van der Waals surface area contributed by atoms with Crippen molar-refractivity contribution in [2.24, 2.45) is 4.99 Å². The molecular weight excluding hydrogens is 522 g/mol. The van der Waals surface area contributed by atoms with E-state index in [0.717, 1.165) is 17.5 Å². The lowest BCUT2D eigenvalue weighted by Gasteiger charge is -2.12. The van der Waals surface area contributed by atoms with Gasteiger partial charge in [0.05, 0.1) is 18.6 Å². The molecule has 0 fully saturated rings. The Labute approximate surface area is 204 Å². The Hall–Kier alpha value is -2.95. The molecule has 0 unspecified atom stereocenters. The zero-order chi connectivity index (χ0) is 22.1. The number of guanidine groups is 1. The molecule has 0 radical (unpaired) electrons. The van der Waals surface area contributed by atoms with Crippen LogP contribution in [-0.2, 0) is 13.0 Å². The SMILES string of the molecule is CCNC(=NCc1ccc(-n2ccnc2)c(F)c1)NCCc1cccc(C(=O)NC)c1.I. The van der Waals surface area contributed by atoms with Crippen molar-refractivity contribution in [1.82, 2.24) is 25.5 Å². The summed E-state index contributed by atoms with van der Waals surface area (Å²) in [4.78, 5) is 20.3. The second-order valence-electron chi connectivity index (χ2n) is 6.91. The van der Waals surface area contributed by atoms with E-state index < -0.39 is 0 Å². The standard InChI is InChI=1S/C23H27FN6O.HI/c1-3-27-23(28-10-9-17-5-4-6-19(13-17)22(31)25-2)29-15-18-7-8-21(20(24)14-18)30-12-11-26-16-30;/h4-8,11-14,16H,3,9-10,15H2,1-2H3,(H,25,31)(H2,27,28,29);1H. The highest BCUT2D eigenvalue weighted by Gasteiger charge is 2.06. The fourth-order valence-electron chi connectivity index (χ4n) is 3.11. The van der Waals surface area contributed by atoms with Gasteiger partial charge in [-0.05, 0) is 48.7 Å². The average molecular weight is 550 g/mol. The van der Waals surface area contributed by atoms with Crippen molar-refractivity contribution < 1.29 is 9.18 Å². The van der Waals surface area contributed by atoms with Crippen LogP contribution in [0.2, 0.25) is 0 Å². The summed E-state index contributed by atoms with van der Waals surface area (Å²) < 4.78 is 16.1. The van der Waals surface area contributed by atoms with E-state index in [1.165, 1.54) is 6.07 Å². The predicted molar refractivity (Wildman–Crippen MR) is 135 cm³/mol. The maximum Gasteiger partial charge on any atom is 0.251 e. The largest absolute Gasteiger partial charge is 0.357 e. The molecule has 0 aliphatic carbocycles. The molecule has 0 aliphatic heterocycles. The normalized spacial score (nSPS) is 10.9. The van der Waals surface area contributed by atoms with E-state index in [9.17, 15) is 9.18 Å². The second-order valence-corrected chi connectivity index (χ2v) is 6.91. The second kappa shape index (κ2) is 12.8. The van der Waals surface area contributed by atoms with Crippen molar-refractivity contribution in [2.75, 3.05) is 20.1 Å². The van der Waals surface area contributed by atoms with Gasteiger partial charge in [-0.1, -0.05) is 18.2 Å². The molecule has 1 heterocycles. The molecule has 0 aliphatic rings. The molecule has 0 bridgehead atoms. The quantitative estimate of drug-likeness (QED) is 0.229. The number of nitrogens with zero attached hydrogens (tertiary/aromatic N) is 3. The zero-order valence-electron chi connectivity index (χ0n) is 18.1. The van der Waals surface area contributed by atoms with Gasteiger partial charge in [0.1, 0.15) is 5.82 Å². The van der Waals surface area contributed by atoms with Crippen LogP contribution in [0.5, 0.6) is 0 Å². The maximum atomic E-state index is 14.4. The third-order valence-corrected chi connectivity index (χ3v) is 4.68.